The zero-order valence-electron chi connectivity index (χ0n) is 14.8. The Morgan fingerprint density at radius 2 is 1.61 bits per heavy atom. The summed E-state index contributed by atoms with van der Waals surface area (Å²) in [5, 5.41) is 2.75. The fourth-order valence-corrected chi connectivity index (χ4v) is 4.24. The van der Waals surface area contributed by atoms with E-state index in [1.54, 1.807) is 67.0 Å². The van der Waals surface area contributed by atoms with E-state index in [-0.39, 0.29) is 11.4 Å². The third kappa shape index (κ3) is 4.96. The normalized spacial score (nSPS) is 11.0. The van der Waals surface area contributed by atoms with Crippen LogP contribution in [0.2, 0.25) is 0 Å². The van der Waals surface area contributed by atoms with Crippen LogP contribution in [0.15, 0.2) is 88.5 Å². The van der Waals surface area contributed by atoms with Crippen LogP contribution in [0.25, 0.3) is 0 Å². The second-order valence-corrected chi connectivity index (χ2v) is 8.71. The SMILES string of the molecule is O=C(CN(c1ccc(Br)cc1)S(=O)(=O)c1ccccc1)NCc1ccncc1. The number of anilines is 1. The lowest BCUT2D eigenvalue weighted by atomic mass is 10.3. The number of amides is 1. The van der Waals surface area contributed by atoms with Crippen molar-refractivity contribution in [2.45, 2.75) is 11.4 Å². The van der Waals surface area contributed by atoms with Gasteiger partial charge >= 0.3 is 0 Å². The van der Waals surface area contributed by atoms with Gasteiger partial charge < -0.3 is 5.32 Å². The molecule has 3 rings (SSSR count). The zero-order valence-corrected chi connectivity index (χ0v) is 17.2. The number of halogens is 1. The van der Waals surface area contributed by atoms with Gasteiger partial charge in [0.25, 0.3) is 10.0 Å². The second-order valence-electron chi connectivity index (χ2n) is 5.93. The number of sulfonamides is 1. The lowest BCUT2D eigenvalue weighted by Crippen LogP contribution is -2.40. The maximum Gasteiger partial charge on any atom is 0.264 e. The van der Waals surface area contributed by atoms with Gasteiger partial charge in [0, 0.05) is 23.4 Å². The number of nitrogens with one attached hydrogen (secondary N) is 1. The molecule has 1 aromatic heterocycles. The molecule has 1 N–H and O–H groups in total. The molecule has 144 valence electrons. The molecule has 0 unspecified atom stereocenters. The highest BCUT2D eigenvalue weighted by molar-refractivity contribution is 9.10. The summed E-state index contributed by atoms with van der Waals surface area (Å²) >= 11 is 3.34. The average molecular weight is 460 g/mol. The summed E-state index contributed by atoms with van der Waals surface area (Å²) in [6.07, 6.45) is 3.27. The molecule has 2 aromatic carbocycles. The molecule has 0 radical (unpaired) electrons. The fraction of sp³-hybridized carbons (Fsp3) is 0.100. The Bertz CT molecular complexity index is 1030. The van der Waals surface area contributed by atoms with E-state index < -0.39 is 15.9 Å². The maximum atomic E-state index is 13.2. The highest BCUT2D eigenvalue weighted by Gasteiger charge is 2.27. The van der Waals surface area contributed by atoms with Crippen molar-refractivity contribution in [3.63, 3.8) is 0 Å². The molecule has 0 bridgehead atoms. The van der Waals surface area contributed by atoms with Crippen LogP contribution >= 0.6 is 15.9 Å². The lowest BCUT2D eigenvalue weighted by molar-refractivity contribution is -0.119. The van der Waals surface area contributed by atoms with Crippen molar-refractivity contribution >= 4 is 37.5 Å². The molecule has 0 spiro atoms. The van der Waals surface area contributed by atoms with Gasteiger partial charge in [-0.3, -0.25) is 14.1 Å². The second kappa shape index (κ2) is 8.99. The van der Waals surface area contributed by atoms with E-state index in [2.05, 4.69) is 26.2 Å². The minimum atomic E-state index is -3.90. The minimum absolute atomic E-state index is 0.125. The van der Waals surface area contributed by atoms with Gasteiger partial charge in [-0.15, -0.1) is 0 Å². The number of rotatable bonds is 7. The van der Waals surface area contributed by atoms with Crippen LogP contribution in [0.1, 0.15) is 5.56 Å². The Labute approximate surface area is 172 Å². The molecule has 1 amide bonds. The largest absolute Gasteiger partial charge is 0.350 e. The molecular weight excluding hydrogens is 442 g/mol. The Kier molecular flexibility index (Phi) is 6.43. The molecule has 0 fully saturated rings. The first kappa shape index (κ1) is 20.0. The van der Waals surface area contributed by atoms with Crippen LogP contribution in [0.5, 0.6) is 0 Å². The molecule has 8 heteroatoms. The Morgan fingerprint density at radius 3 is 2.25 bits per heavy atom. The molecule has 0 saturated heterocycles. The molecular formula is C20H18BrN3O3S. The molecule has 0 aliphatic heterocycles. The summed E-state index contributed by atoms with van der Waals surface area (Å²) in [5.41, 5.74) is 1.29. The molecule has 3 aromatic rings. The lowest BCUT2D eigenvalue weighted by Gasteiger charge is -2.24. The minimum Gasteiger partial charge on any atom is -0.350 e. The van der Waals surface area contributed by atoms with Crippen molar-refractivity contribution < 1.29 is 13.2 Å². The van der Waals surface area contributed by atoms with Crippen molar-refractivity contribution in [1.82, 2.24) is 10.3 Å². The van der Waals surface area contributed by atoms with Gasteiger partial charge in [0.1, 0.15) is 6.54 Å². The standard InChI is InChI=1S/C20H18BrN3O3S/c21-17-6-8-18(9-7-17)24(28(26,27)19-4-2-1-3-5-19)15-20(25)23-14-16-10-12-22-13-11-16/h1-13H,14-15H2,(H,23,25). The average Bonchev–Trinajstić information content (AvgIpc) is 2.72. The highest BCUT2D eigenvalue weighted by atomic mass is 79.9. The summed E-state index contributed by atoms with van der Waals surface area (Å²) in [4.78, 5) is 16.6. The highest BCUT2D eigenvalue weighted by Crippen LogP contribution is 2.25. The van der Waals surface area contributed by atoms with Crippen LogP contribution < -0.4 is 9.62 Å². The third-order valence-corrected chi connectivity index (χ3v) is 6.29. The molecule has 0 aliphatic rings. The Hall–Kier alpha value is -2.71. The van der Waals surface area contributed by atoms with Gasteiger partial charge in [0.2, 0.25) is 5.91 Å². The van der Waals surface area contributed by atoms with E-state index in [0.717, 1.165) is 14.3 Å². The quantitative estimate of drug-likeness (QED) is 0.587. The number of pyridine rings is 1. The van der Waals surface area contributed by atoms with Crippen LogP contribution in [-0.4, -0.2) is 25.9 Å². The summed E-state index contributed by atoms with van der Waals surface area (Å²) < 4.78 is 28.2. The van der Waals surface area contributed by atoms with E-state index in [4.69, 9.17) is 0 Å². The molecule has 6 nitrogen and oxygen atoms in total. The molecule has 1 heterocycles. The van der Waals surface area contributed by atoms with Gasteiger partial charge in [-0.05, 0) is 54.1 Å². The number of carbonyl (C=O) groups excluding carboxylic acids is 1. The topological polar surface area (TPSA) is 79.4 Å². The first-order valence-electron chi connectivity index (χ1n) is 8.46. The maximum absolute atomic E-state index is 13.2. The van der Waals surface area contributed by atoms with Crippen molar-refractivity contribution in [2.75, 3.05) is 10.8 Å². The number of benzene rings is 2. The van der Waals surface area contributed by atoms with E-state index in [0.29, 0.717) is 12.2 Å². The predicted molar refractivity (Wildman–Crippen MR) is 111 cm³/mol. The number of aromatic nitrogens is 1. The van der Waals surface area contributed by atoms with E-state index in [1.807, 2.05) is 0 Å². The molecule has 0 saturated carbocycles. The smallest absolute Gasteiger partial charge is 0.264 e. The number of carbonyl (C=O) groups is 1. The first-order chi connectivity index (χ1) is 13.5. The molecule has 0 aliphatic carbocycles. The van der Waals surface area contributed by atoms with Crippen LogP contribution in [-0.2, 0) is 21.4 Å². The van der Waals surface area contributed by atoms with E-state index in [1.165, 1.54) is 12.1 Å². The van der Waals surface area contributed by atoms with Gasteiger partial charge in [0.05, 0.1) is 10.6 Å². The van der Waals surface area contributed by atoms with Crippen LogP contribution in [0.3, 0.4) is 0 Å². The number of hydrogen-bond acceptors (Lipinski definition) is 4. The van der Waals surface area contributed by atoms with Crippen molar-refractivity contribution in [1.29, 1.82) is 0 Å². The van der Waals surface area contributed by atoms with Crippen LogP contribution in [0.4, 0.5) is 5.69 Å². The molecule has 28 heavy (non-hydrogen) atoms. The van der Waals surface area contributed by atoms with Crippen LogP contribution in [0, 0.1) is 0 Å². The summed E-state index contributed by atoms with van der Waals surface area (Å²) in [5.74, 6) is -0.403. The fourth-order valence-electron chi connectivity index (χ4n) is 2.53. The Balaban J connectivity index is 1.84. The van der Waals surface area contributed by atoms with Crippen molar-refractivity contribution in [3.05, 3.63) is 89.2 Å². The number of nitrogens with zero attached hydrogens (tertiary/aromatic N) is 2. The van der Waals surface area contributed by atoms with Crippen molar-refractivity contribution in [3.8, 4) is 0 Å². The van der Waals surface area contributed by atoms with Gasteiger partial charge in [-0.25, -0.2) is 8.42 Å². The summed E-state index contributed by atoms with van der Waals surface area (Å²) in [7, 11) is -3.90. The van der Waals surface area contributed by atoms with Crippen molar-refractivity contribution in [2.24, 2.45) is 0 Å². The Morgan fingerprint density at radius 1 is 0.964 bits per heavy atom. The van der Waals surface area contributed by atoms with Gasteiger partial charge in [-0.1, -0.05) is 34.1 Å². The first-order valence-corrected chi connectivity index (χ1v) is 10.7. The summed E-state index contributed by atoms with van der Waals surface area (Å²) in [6, 6.07) is 18.4. The van der Waals surface area contributed by atoms with E-state index >= 15 is 0 Å². The zero-order chi connectivity index (χ0) is 20.0. The predicted octanol–water partition coefficient (Wildman–Crippen LogP) is 3.36. The van der Waals surface area contributed by atoms with E-state index in [9.17, 15) is 13.2 Å². The van der Waals surface area contributed by atoms with Gasteiger partial charge in [-0.2, -0.15) is 0 Å². The number of hydrogen-bond donors (Lipinski definition) is 1. The summed E-state index contributed by atoms with van der Waals surface area (Å²) in [6.45, 7) is -0.0368. The molecule has 0 atom stereocenters. The third-order valence-electron chi connectivity index (χ3n) is 3.97. The van der Waals surface area contributed by atoms with Gasteiger partial charge in [0.15, 0.2) is 0 Å². The monoisotopic (exact) mass is 459 g/mol.